The summed E-state index contributed by atoms with van der Waals surface area (Å²) in [6, 6.07) is 9.78. The molecule has 0 bridgehead atoms. The fourth-order valence-corrected chi connectivity index (χ4v) is 2.12. The van der Waals surface area contributed by atoms with Crippen molar-refractivity contribution >= 4 is 11.8 Å². The maximum atomic E-state index is 11.8. The van der Waals surface area contributed by atoms with Crippen LogP contribution in [0.3, 0.4) is 0 Å². The van der Waals surface area contributed by atoms with Crippen LogP contribution in [0.25, 0.3) is 5.69 Å². The standard InChI is InChI=1S/C16H18N4O2/c21-15(17-11-16(22)19-13-4-5-13)10-12-2-6-14(7-3-12)20-9-1-8-18-20/h1-3,6-9,13H,4-5,10-11H2,(H,17,21)(H,19,22). The van der Waals surface area contributed by atoms with Crippen molar-refractivity contribution in [2.24, 2.45) is 0 Å². The number of carbonyl (C=O) groups is 2. The lowest BCUT2D eigenvalue weighted by Crippen LogP contribution is -2.38. The monoisotopic (exact) mass is 298 g/mol. The molecule has 1 aliphatic rings. The first-order chi connectivity index (χ1) is 10.7. The van der Waals surface area contributed by atoms with E-state index >= 15 is 0 Å². The molecular formula is C16H18N4O2. The Morgan fingerprint density at radius 2 is 1.95 bits per heavy atom. The quantitative estimate of drug-likeness (QED) is 0.828. The topological polar surface area (TPSA) is 76.0 Å². The summed E-state index contributed by atoms with van der Waals surface area (Å²) >= 11 is 0. The molecule has 1 aromatic carbocycles. The fraction of sp³-hybridized carbons (Fsp3) is 0.312. The van der Waals surface area contributed by atoms with Gasteiger partial charge in [-0.1, -0.05) is 12.1 Å². The average Bonchev–Trinajstić information content (AvgIpc) is 3.15. The van der Waals surface area contributed by atoms with Crippen molar-refractivity contribution in [2.45, 2.75) is 25.3 Å². The van der Waals surface area contributed by atoms with Crippen LogP contribution >= 0.6 is 0 Å². The third-order valence-corrected chi connectivity index (χ3v) is 3.46. The van der Waals surface area contributed by atoms with Crippen LogP contribution < -0.4 is 10.6 Å². The minimum absolute atomic E-state index is 0.0424. The Balaban J connectivity index is 1.47. The van der Waals surface area contributed by atoms with Crippen molar-refractivity contribution in [3.05, 3.63) is 48.3 Å². The van der Waals surface area contributed by atoms with E-state index in [4.69, 9.17) is 0 Å². The van der Waals surface area contributed by atoms with Gasteiger partial charge < -0.3 is 10.6 Å². The average molecular weight is 298 g/mol. The summed E-state index contributed by atoms with van der Waals surface area (Å²) in [5.74, 6) is -0.275. The predicted octanol–water partition coefficient (Wildman–Crippen LogP) is 0.810. The van der Waals surface area contributed by atoms with E-state index in [0.29, 0.717) is 6.04 Å². The maximum absolute atomic E-state index is 11.8. The van der Waals surface area contributed by atoms with E-state index in [0.717, 1.165) is 24.1 Å². The molecule has 0 unspecified atom stereocenters. The summed E-state index contributed by atoms with van der Waals surface area (Å²) in [4.78, 5) is 23.3. The molecule has 0 aliphatic heterocycles. The van der Waals surface area contributed by atoms with Gasteiger partial charge in [0.2, 0.25) is 11.8 Å². The van der Waals surface area contributed by atoms with Crippen molar-refractivity contribution < 1.29 is 9.59 Å². The summed E-state index contributed by atoms with van der Waals surface area (Å²) in [6.45, 7) is 0.0424. The van der Waals surface area contributed by atoms with Gasteiger partial charge in [-0.25, -0.2) is 4.68 Å². The lowest BCUT2D eigenvalue weighted by atomic mass is 10.1. The Hall–Kier alpha value is -2.63. The molecule has 1 aliphatic carbocycles. The number of rotatable bonds is 6. The SMILES string of the molecule is O=C(Cc1ccc(-n2cccn2)cc1)NCC(=O)NC1CC1. The van der Waals surface area contributed by atoms with Crippen molar-refractivity contribution in [3.8, 4) is 5.69 Å². The molecule has 0 saturated heterocycles. The molecule has 2 N–H and O–H groups in total. The predicted molar refractivity (Wildman–Crippen MR) is 81.4 cm³/mol. The zero-order valence-electron chi connectivity index (χ0n) is 12.2. The summed E-state index contributed by atoms with van der Waals surface area (Å²) in [5, 5.41) is 9.62. The molecule has 3 rings (SSSR count). The zero-order valence-corrected chi connectivity index (χ0v) is 12.2. The number of benzene rings is 1. The second-order valence-corrected chi connectivity index (χ2v) is 5.41. The lowest BCUT2D eigenvalue weighted by molar-refractivity contribution is -0.125. The third kappa shape index (κ3) is 3.94. The molecule has 114 valence electrons. The highest BCUT2D eigenvalue weighted by molar-refractivity contribution is 5.85. The molecular weight excluding hydrogens is 280 g/mol. The molecule has 22 heavy (non-hydrogen) atoms. The van der Waals surface area contributed by atoms with Gasteiger partial charge in [0.15, 0.2) is 0 Å². The van der Waals surface area contributed by atoms with E-state index in [1.54, 1.807) is 10.9 Å². The van der Waals surface area contributed by atoms with E-state index in [2.05, 4.69) is 15.7 Å². The molecule has 2 aromatic rings. The number of aromatic nitrogens is 2. The van der Waals surface area contributed by atoms with E-state index in [9.17, 15) is 9.59 Å². The van der Waals surface area contributed by atoms with Gasteiger partial charge in [0.25, 0.3) is 0 Å². The van der Waals surface area contributed by atoms with E-state index in [-0.39, 0.29) is 24.8 Å². The largest absolute Gasteiger partial charge is 0.352 e. The number of hydrogen-bond donors (Lipinski definition) is 2. The van der Waals surface area contributed by atoms with Gasteiger partial charge >= 0.3 is 0 Å². The van der Waals surface area contributed by atoms with Crippen LogP contribution in [0.15, 0.2) is 42.7 Å². The summed E-state index contributed by atoms with van der Waals surface area (Å²) in [7, 11) is 0. The molecule has 1 aromatic heterocycles. The van der Waals surface area contributed by atoms with Gasteiger partial charge in [0, 0.05) is 18.4 Å². The Morgan fingerprint density at radius 1 is 1.18 bits per heavy atom. The third-order valence-electron chi connectivity index (χ3n) is 3.46. The molecule has 1 saturated carbocycles. The number of nitrogens with one attached hydrogen (secondary N) is 2. The van der Waals surface area contributed by atoms with Gasteiger partial charge in [-0.15, -0.1) is 0 Å². The maximum Gasteiger partial charge on any atom is 0.239 e. The smallest absolute Gasteiger partial charge is 0.239 e. The lowest BCUT2D eigenvalue weighted by Gasteiger charge is -2.07. The molecule has 0 spiro atoms. The minimum atomic E-state index is -0.155. The molecule has 1 heterocycles. The molecule has 6 nitrogen and oxygen atoms in total. The molecule has 2 amide bonds. The highest BCUT2D eigenvalue weighted by Gasteiger charge is 2.23. The number of carbonyl (C=O) groups excluding carboxylic acids is 2. The van der Waals surface area contributed by atoms with Gasteiger partial charge in [-0.3, -0.25) is 9.59 Å². The second kappa shape index (κ2) is 6.43. The van der Waals surface area contributed by atoms with Gasteiger partial charge in [-0.2, -0.15) is 5.10 Å². The van der Waals surface area contributed by atoms with Gasteiger partial charge in [-0.05, 0) is 36.6 Å². The molecule has 0 atom stereocenters. The number of hydrogen-bond acceptors (Lipinski definition) is 3. The van der Waals surface area contributed by atoms with Crippen molar-refractivity contribution in [1.82, 2.24) is 20.4 Å². The van der Waals surface area contributed by atoms with E-state index in [1.165, 1.54) is 0 Å². The van der Waals surface area contributed by atoms with Crippen LogP contribution in [0.1, 0.15) is 18.4 Å². The van der Waals surface area contributed by atoms with Gasteiger partial charge in [0.1, 0.15) is 0 Å². The number of nitrogens with zero attached hydrogens (tertiary/aromatic N) is 2. The summed E-state index contributed by atoms with van der Waals surface area (Å²) in [6.07, 6.45) is 5.93. The fourth-order valence-electron chi connectivity index (χ4n) is 2.12. The number of amides is 2. The van der Waals surface area contributed by atoms with E-state index < -0.39 is 0 Å². The van der Waals surface area contributed by atoms with Crippen LogP contribution in [0.2, 0.25) is 0 Å². The highest BCUT2D eigenvalue weighted by Crippen LogP contribution is 2.18. The highest BCUT2D eigenvalue weighted by atomic mass is 16.2. The van der Waals surface area contributed by atoms with Crippen molar-refractivity contribution in [2.75, 3.05) is 6.54 Å². The summed E-state index contributed by atoms with van der Waals surface area (Å²) < 4.78 is 1.76. The van der Waals surface area contributed by atoms with Crippen LogP contribution in [-0.4, -0.2) is 34.2 Å². The van der Waals surface area contributed by atoms with Crippen LogP contribution in [0.4, 0.5) is 0 Å². The Bertz CT molecular complexity index is 645. The Kier molecular flexibility index (Phi) is 4.18. The van der Waals surface area contributed by atoms with Crippen molar-refractivity contribution in [3.63, 3.8) is 0 Å². The molecule has 1 fully saturated rings. The van der Waals surface area contributed by atoms with Crippen molar-refractivity contribution in [1.29, 1.82) is 0 Å². The first-order valence-corrected chi connectivity index (χ1v) is 7.36. The Morgan fingerprint density at radius 3 is 2.59 bits per heavy atom. The van der Waals surface area contributed by atoms with Crippen LogP contribution in [0.5, 0.6) is 0 Å². The second-order valence-electron chi connectivity index (χ2n) is 5.41. The molecule has 0 radical (unpaired) electrons. The van der Waals surface area contributed by atoms with E-state index in [1.807, 2.05) is 36.5 Å². The summed E-state index contributed by atoms with van der Waals surface area (Å²) in [5.41, 5.74) is 1.84. The van der Waals surface area contributed by atoms with Crippen LogP contribution in [-0.2, 0) is 16.0 Å². The Labute approximate surface area is 128 Å². The zero-order chi connectivity index (χ0) is 15.4. The first-order valence-electron chi connectivity index (χ1n) is 7.36. The normalized spacial score (nSPS) is 13.6. The van der Waals surface area contributed by atoms with Gasteiger partial charge in [0.05, 0.1) is 18.7 Å². The molecule has 6 heteroatoms. The first kappa shape index (κ1) is 14.3. The minimum Gasteiger partial charge on any atom is -0.352 e. The van der Waals surface area contributed by atoms with Crippen LogP contribution in [0, 0.1) is 0 Å².